The summed E-state index contributed by atoms with van der Waals surface area (Å²) >= 11 is 0. The van der Waals surface area contributed by atoms with Gasteiger partial charge in [0.25, 0.3) is 0 Å². The number of anilines is 3. The van der Waals surface area contributed by atoms with E-state index in [-0.39, 0.29) is 0 Å². The van der Waals surface area contributed by atoms with Crippen LogP contribution in [0.5, 0.6) is 0 Å². The molecule has 7 nitrogen and oxygen atoms in total. The molecule has 0 amide bonds. The van der Waals surface area contributed by atoms with Gasteiger partial charge in [0.2, 0.25) is 0 Å². The highest BCUT2D eigenvalue weighted by Crippen LogP contribution is 2.38. The van der Waals surface area contributed by atoms with Crippen LogP contribution in [0.25, 0.3) is 27.9 Å². The van der Waals surface area contributed by atoms with Crippen LogP contribution in [0.1, 0.15) is 65.2 Å². The SMILES string of the molecule is CC(C)Nc1cc(-c2c(-c3ccnc(NC4CCCC4)c3)nn3c(NC4CCCC4)cccc23)ccn1. The molecule has 0 atom stereocenters. The maximum Gasteiger partial charge on any atom is 0.128 e. The third kappa shape index (κ3) is 5.13. The first-order valence-corrected chi connectivity index (χ1v) is 13.9. The number of hydrogen-bond donors (Lipinski definition) is 3. The second kappa shape index (κ2) is 10.4. The highest BCUT2D eigenvalue weighted by atomic mass is 15.3. The van der Waals surface area contributed by atoms with Crippen molar-refractivity contribution in [3.8, 4) is 22.4 Å². The van der Waals surface area contributed by atoms with Crippen LogP contribution >= 0.6 is 0 Å². The molecule has 4 heterocycles. The van der Waals surface area contributed by atoms with Crippen molar-refractivity contribution in [1.29, 1.82) is 0 Å². The summed E-state index contributed by atoms with van der Waals surface area (Å²) < 4.78 is 2.09. The lowest BCUT2D eigenvalue weighted by Gasteiger charge is -2.14. The van der Waals surface area contributed by atoms with Gasteiger partial charge < -0.3 is 16.0 Å². The Hall–Kier alpha value is -3.61. The molecule has 6 rings (SSSR count). The van der Waals surface area contributed by atoms with Crippen molar-refractivity contribution in [3.63, 3.8) is 0 Å². The molecule has 2 fully saturated rings. The second-order valence-electron chi connectivity index (χ2n) is 10.8. The van der Waals surface area contributed by atoms with Crippen LogP contribution < -0.4 is 16.0 Å². The standard InChI is InChI=1S/C30H37N7/c1-20(2)33-26-18-21(14-16-31-26)29-25-12-7-13-28(35-24-10-5-6-11-24)37(25)36-30(29)22-15-17-32-27(19-22)34-23-8-3-4-9-23/h7,12-20,23-24,35H,3-6,8-11H2,1-2H3,(H,31,33)(H,32,34). The smallest absolute Gasteiger partial charge is 0.128 e. The van der Waals surface area contributed by atoms with Gasteiger partial charge in [-0.25, -0.2) is 14.5 Å². The molecule has 2 aliphatic rings. The highest BCUT2D eigenvalue weighted by Gasteiger charge is 2.22. The van der Waals surface area contributed by atoms with Gasteiger partial charge >= 0.3 is 0 Å². The summed E-state index contributed by atoms with van der Waals surface area (Å²) in [5, 5.41) is 16.1. The molecule has 0 unspecified atom stereocenters. The van der Waals surface area contributed by atoms with Gasteiger partial charge in [-0.15, -0.1) is 0 Å². The van der Waals surface area contributed by atoms with Crippen molar-refractivity contribution in [2.45, 2.75) is 83.3 Å². The molecule has 4 aromatic heterocycles. The lowest BCUT2D eigenvalue weighted by Crippen LogP contribution is -2.17. The summed E-state index contributed by atoms with van der Waals surface area (Å²) in [6.07, 6.45) is 13.8. The van der Waals surface area contributed by atoms with Crippen LogP contribution in [-0.4, -0.2) is 37.7 Å². The predicted molar refractivity (Wildman–Crippen MR) is 152 cm³/mol. The zero-order chi connectivity index (χ0) is 25.2. The van der Waals surface area contributed by atoms with Gasteiger partial charge in [0.1, 0.15) is 23.1 Å². The molecule has 0 spiro atoms. The minimum atomic E-state index is 0.303. The van der Waals surface area contributed by atoms with Gasteiger partial charge in [0.15, 0.2) is 0 Å². The van der Waals surface area contributed by atoms with Gasteiger partial charge in [-0.2, -0.15) is 5.10 Å². The van der Waals surface area contributed by atoms with E-state index in [1.165, 1.54) is 51.4 Å². The number of hydrogen-bond acceptors (Lipinski definition) is 6. The molecule has 2 aliphatic carbocycles. The third-order valence-corrected chi connectivity index (χ3v) is 7.59. The first kappa shape index (κ1) is 23.8. The van der Waals surface area contributed by atoms with Crippen molar-refractivity contribution in [3.05, 3.63) is 54.9 Å². The van der Waals surface area contributed by atoms with Crippen LogP contribution in [-0.2, 0) is 0 Å². The maximum atomic E-state index is 5.22. The summed E-state index contributed by atoms with van der Waals surface area (Å²) in [6, 6.07) is 16.2. The Bertz CT molecular complexity index is 1360. The average Bonchev–Trinajstić information content (AvgIpc) is 3.66. The number of pyridine rings is 3. The zero-order valence-corrected chi connectivity index (χ0v) is 21.9. The Morgan fingerprint density at radius 3 is 2.16 bits per heavy atom. The normalized spacial score (nSPS) is 16.6. The Balaban J connectivity index is 1.47. The molecule has 0 radical (unpaired) electrons. The van der Waals surface area contributed by atoms with E-state index in [0.29, 0.717) is 18.1 Å². The number of rotatable bonds is 8. The molecule has 0 aliphatic heterocycles. The van der Waals surface area contributed by atoms with Gasteiger partial charge in [0, 0.05) is 41.6 Å². The number of aromatic nitrogens is 4. The topological polar surface area (TPSA) is 79.2 Å². The van der Waals surface area contributed by atoms with Crippen molar-refractivity contribution >= 4 is 23.0 Å². The maximum absolute atomic E-state index is 5.22. The molecule has 0 aromatic carbocycles. The molecule has 2 saturated carbocycles. The fourth-order valence-corrected chi connectivity index (χ4v) is 5.84. The van der Waals surface area contributed by atoms with Crippen LogP contribution in [0.15, 0.2) is 54.9 Å². The first-order chi connectivity index (χ1) is 18.1. The lowest BCUT2D eigenvalue weighted by atomic mass is 10.0. The van der Waals surface area contributed by atoms with Gasteiger partial charge in [-0.1, -0.05) is 31.7 Å². The number of nitrogens with one attached hydrogen (secondary N) is 3. The summed E-state index contributed by atoms with van der Waals surface area (Å²) in [6.45, 7) is 4.26. The molecular formula is C30H37N7. The molecule has 3 N–H and O–H groups in total. The summed E-state index contributed by atoms with van der Waals surface area (Å²) in [7, 11) is 0. The number of nitrogens with zero attached hydrogens (tertiary/aromatic N) is 4. The molecule has 0 bridgehead atoms. The van der Waals surface area contributed by atoms with Crippen molar-refractivity contribution in [1.82, 2.24) is 19.6 Å². The third-order valence-electron chi connectivity index (χ3n) is 7.59. The average molecular weight is 496 g/mol. The largest absolute Gasteiger partial charge is 0.368 e. The van der Waals surface area contributed by atoms with Crippen molar-refractivity contribution < 1.29 is 0 Å². The zero-order valence-electron chi connectivity index (χ0n) is 21.9. The Morgan fingerprint density at radius 2 is 1.43 bits per heavy atom. The van der Waals surface area contributed by atoms with Crippen molar-refractivity contribution in [2.75, 3.05) is 16.0 Å². The highest BCUT2D eigenvalue weighted by molar-refractivity contribution is 5.93. The van der Waals surface area contributed by atoms with Gasteiger partial charge in [0.05, 0.1) is 5.52 Å². The first-order valence-electron chi connectivity index (χ1n) is 13.9. The van der Waals surface area contributed by atoms with Crippen LogP contribution in [0.2, 0.25) is 0 Å². The summed E-state index contributed by atoms with van der Waals surface area (Å²) in [5.41, 5.74) is 5.32. The molecule has 192 valence electrons. The van der Waals surface area contributed by atoms with E-state index in [2.05, 4.69) is 86.7 Å². The van der Waals surface area contributed by atoms with E-state index in [1.807, 2.05) is 12.4 Å². The molecule has 4 aromatic rings. The number of fused-ring (bicyclic) bond motifs is 1. The molecule has 0 saturated heterocycles. The quantitative estimate of drug-likeness (QED) is 0.245. The molecule has 37 heavy (non-hydrogen) atoms. The van der Waals surface area contributed by atoms with Crippen LogP contribution in [0, 0.1) is 0 Å². The van der Waals surface area contributed by atoms with E-state index in [1.54, 1.807) is 0 Å². The summed E-state index contributed by atoms with van der Waals surface area (Å²) in [4.78, 5) is 9.20. The fraction of sp³-hybridized carbons (Fsp3) is 0.433. The Labute approximate surface area is 219 Å². The van der Waals surface area contributed by atoms with Gasteiger partial charge in [-0.3, -0.25) is 0 Å². The minimum absolute atomic E-state index is 0.303. The fourth-order valence-electron chi connectivity index (χ4n) is 5.84. The monoisotopic (exact) mass is 495 g/mol. The molecular weight excluding hydrogens is 458 g/mol. The van der Waals surface area contributed by atoms with E-state index in [4.69, 9.17) is 5.10 Å². The van der Waals surface area contributed by atoms with Crippen LogP contribution in [0.4, 0.5) is 17.5 Å². The lowest BCUT2D eigenvalue weighted by molar-refractivity contribution is 0.742. The van der Waals surface area contributed by atoms with Crippen LogP contribution in [0.3, 0.4) is 0 Å². The van der Waals surface area contributed by atoms with Gasteiger partial charge in [-0.05, 0) is 81.5 Å². The Morgan fingerprint density at radius 1 is 0.784 bits per heavy atom. The second-order valence-corrected chi connectivity index (χ2v) is 10.8. The predicted octanol–water partition coefficient (Wildman–Crippen LogP) is 6.99. The van der Waals surface area contributed by atoms with E-state index >= 15 is 0 Å². The minimum Gasteiger partial charge on any atom is -0.368 e. The van der Waals surface area contributed by atoms with E-state index < -0.39 is 0 Å². The Kier molecular flexibility index (Phi) is 6.68. The summed E-state index contributed by atoms with van der Waals surface area (Å²) in [5.74, 6) is 2.84. The van der Waals surface area contributed by atoms with E-state index in [9.17, 15) is 0 Å². The van der Waals surface area contributed by atoms with Crippen molar-refractivity contribution in [2.24, 2.45) is 0 Å². The van der Waals surface area contributed by atoms with E-state index in [0.717, 1.165) is 45.4 Å². The molecule has 7 heteroatoms.